The van der Waals surface area contributed by atoms with Crippen LogP contribution in [0.25, 0.3) is 0 Å². The molecule has 2 aromatic rings. The highest BCUT2D eigenvalue weighted by Gasteiger charge is 2.38. The molecular formula is C23H30O8. The fourth-order valence-corrected chi connectivity index (χ4v) is 4.21. The maximum absolute atomic E-state index is 10.3. The lowest BCUT2D eigenvalue weighted by Gasteiger charge is -2.23. The molecule has 8 heteroatoms. The highest BCUT2D eigenvalue weighted by Crippen LogP contribution is 2.46. The van der Waals surface area contributed by atoms with E-state index in [-0.39, 0.29) is 30.3 Å². The highest BCUT2D eigenvalue weighted by atomic mass is 16.5. The Labute approximate surface area is 182 Å². The summed E-state index contributed by atoms with van der Waals surface area (Å²) in [4.78, 5) is 0. The zero-order chi connectivity index (χ0) is 22.5. The fraction of sp³-hybridized carbons (Fsp3) is 0.478. The molecule has 3 rings (SSSR count). The Morgan fingerprint density at radius 3 is 1.94 bits per heavy atom. The van der Waals surface area contributed by atoms with Gasteiger partial charge in [0.1, 0.15) is 0 Å². The van der Waals surface area contributed by atoms with Crippen LogP contribution >= 0.6 is 0 Å². The maximum Gasteiger partial charge on any atom is 0.203 e. The first kappa shape index (κ1) is 22.8. The van der Waals surface area contributed by atoms with E-state index in [1.165, 1.54) is 14.2 Å². The summed E-state index contributed by atoms with van der Waals surface area (Å²) < 4.78 is 32.9. The van der Waals surface area contributed by atoms with Gasteiger partial charge in [0.2, 0.25) is 11.5 Å². The molecule has 2 N–H and O–H groups in total. The summed E-state index contributed by atoms with van der Waals surface area (Å²) >= 11 is 0. The van der Waals surface area contributed by atoms with E-state index in [0.29, 0.717) is 41.8 Å². The molecule has 1 heterocycles. The summed E-state index contributed by atoms with van der Waals surface area (Å²) in [6.07, 6.45) is 0.262. The van der Waals surface area contributed by atoms with Gasteiger partial charge in [-0.2, -0.15) is 0 Å². The summed E-state index contributed by atoms with van der Waals surface area (Å²) in [7, 11) is 7.68. The Kier molecular flexibility index (Phi) is 7.35. The zero-order valence-corrected chi connectivity index (χ0v) is 18.5. The Balaban J connectivity index is 1.88. The SMILES string of the molecule is COc1cc(C[C@H]2CO[C@H](c3cc(OC)c(OC)c(OC)c3)[C@H]2CO)cc(O)c1OC. The third kappa shape index (κ3) is 4.45. The first-order valence-electron chi connectivity index (χ1n) is 9.97. The molecule has 0 spiro atoms. The standard InChI is InChI=1S/C23H30O8/c1-26-18-8-13(7-17(25)22(18)29-4)6-15-12-31-21(16(15)11-24)14-9-19(27-2)23(30-5)20(10-14)28-3/h7-10,15-16,21,24-25H,6,11-12H2,1-5H3/t15-,16-,21+/m0/s1. The van der Waals surface area contributed by atoms with Crippen LogP contribution in [0.2, 0.25) is 0 Å². The van der Waals surface area contributed by atoms with Gasteiger partial charge in [0.15, 0.2) is 23.0 Å². The van der Waals surface area contributed by atoms with Gasteiger partial charge in [0.05, 0.1) is 48.3 Å². The third-order valence-electron chi connectivity index (χ3n) is 5.73. The lowest BCUT2D eigenvalue weighted by atomic mass is 9.84. The van der Waals surface area contributed by atoms with Gasteiger partial charge in [-0.3, -0.25) is 0 Å². The number of aliphatic hydroxyl groups excluding tert-OH is 1. The average molecular weight is 434 g/mol. The Bertz CT molecular complexity index is 872. The summed E-state index contributed by atoms with van der Waals surface area (Å²) in [6, 6.07) is 7.18. The number of phenolic OH excluding ortho intramolecular Hbond substituents is 1. The van der Waals surface area contributed by atoms with E-state index in [1.54, 1.807) is 27.4 Å². The minimum atomic E-state index is -0.336. The quantitative estimate of drug-likeness (QED) is 0.622. The summed E-state index contributed by atoms with van der Waals surface area (Å²) in [5.41, 5.74) is 1.71. The van der Waals surface area contributed by atoms with Gasteiger partial charge >= 0.3 is 0 Å². The molecular weight excluding hydrogens is 404 g/mol. The van der Waals surface area contributed by atoms with Gasteiger partial charge in [0.25, 0.3) is 0 Å². The Morgan fingerprint density at radius 1 is 0.839 bits per heavy atom. The van der Waals surface area contributed by atoms with E-state index in [4.69, 9.17) is 28.4 Å². The minimum absolute atomic E-state index is 0.0116. The fourth-order valence-electron chi connectivity index (χ4n) is 4.21. The number of aromatic hydroxyl groups is 1. The molecule has 1 aliphatic rings. The van der Waals surface area contributed by atoms with Crippen LogP contribution in [0.1, 0.15) is 17.2 Å². The van der Waals surface area contributed by atoms with Crippen molar-refractivity contribution in [1.29, 1.82) is 0 Å². The van der Waals surface area contributed by atoms with Crippen molar-refractivity contribution in [3.8, 4) is 34.5 Å². The smallest absolute Gasteiger partial charge is 0.203 e. The normalized spacial score (nSPS) is 20.4. The largest absolute Gasteiger partial charge is 0.504 e. The van der Waals surface area contributed by atoms with Gasteiger partial charge in [-0.25, -0.2) is 0 Å². The number of phenols is 1. The zero-order valence-electron chi connectivity index (χ0n) is 18.5. The number of aliphatic hydroxyl groups is 1. The number of rotatable bonds is 9. The van der Waals surface area contributed by atoms with E-state index in [9.17, 15) is 10.2 Å². The molecule has 0 unspecified atom stereocenters. The van der Waals surface area contributed by atoms with Crippen LogP contribution in [0.4, 0.5) is 0 Å². The molecule has 1 aliphatic heterocycles. The molecule has 2 aromatic carbocycles. The molecule has 0 radical (unpaired) electrons. The van der Waals surface area contributed by atoms with E-state index in [0.717, 1.165) is 11.1 Å². The molecule has 31 heavy (non-hydrogen) atoms. The van der Waals surface area contributed by atoms with E-state index in [2.05, 4.69) is 0 Å². The minimum Gasteiger partial charge on any atom is -0.504 e. The monoisotopic (exact) mass is 434 g/mol. The average Bonchev–Trinajstić information content (AvgIpc) is 3.19. The van der Waals surface area contributed by atoms with Gasteiger partial charge < -0.3 is 38.6 Å². The molecule has 1 saturated heterocycles. The first-order valence-corrected chi connectivity index (χ1v) is 9.97. The van der Waals surface area contributed by atoms with Crippen molar-refractivity contribution in [3.63, 3.8) is 0 Å². The number of ether oxygens (including phenoxy) is 6. The number of methoxy groups -OCH3 is 5. The van der Waals surface area contributed by atoms with E-state index >= 15 is 0 Å². The van der Waals surface area contributed by atoms with Crippen molar-refractivity contribution < 1.29 is 38.6 Å². The molecule has 0 aromatic heterocycles. The lowest BCUT2D eigenvalue weighted by molar-refractivity contribution is 0.0715. The number of hydrogen-bond acceptors (Lipinski definition) is 8. The maximum atomic E-state index is 10.3. The summed E-state index contributed by atoms with van der Waals surface area (Å²) in [5, 5.41) is 20.4. The van der Waals surface area contributed by atoms with Crippen LogP contribution in [0.3, 0.4) is 0 Å². The van der Waals surface area contributed by atoms with Crippen LogP contribution in [-0.4, -0.2) is 59.0 Å². The lowest BCUT2D eigenvalue weighted by Crippen LogP contribution is -2.21. The molecule has 0 saturated carbocycles. The van der Waals surface area contributed by atoms with Crippen molar-refractivity contribution in [3.05, 3.63) is 35.4 Å². The number of hydrogen-bond donors (Lipinski definition) is 2. The molecule has 170 valence electrons. The molecule has 0 bridgehead atoms. The van der Waals surface area contributed by atoms with Crippen molar-refractivity contribution >= 4 is 0 Å². The number of benzene rings is 2. The van der Waals surface area contributed by atoms with Crippen LogP contribution in [0, 0.1) is 11.8 Å². The van der Waals surface area contributed by atoms with Crippen molar-refractivity contribution in [2.75, 3.05) is 48.8 Å². The van der Waals surface area contributed by atoms with Gasteiger partial charge in [-0.05, 0) is 47.7 Å². The van der Waals surface area contributed by atoms with Crippen LogP contribution in [0.5, 0.6) is 34.5 Å². The summed E-state index contributed by atoms with van der Waals surface area (Å²) in [5.74, 6) is 2.21. The second kappa shape index (κ2) is 9.98. The van der Waals surface area contributed by atoms with Gasteiger partial charge in [0, 0.05) is 12.5 Å². The van der Waals surface area contributed by atoms with Gasteiger partial charge in [-0.15, -0.1) is 0 Å². The molecule has 8 nitrogen and oxygen atoms in total. The second-order valence-corrected chi connectivity index (χ2v) is 7.37. The first-order chi connectivity index (χ1) is 15.0. The van der Waals surface area contributed by atoms with E-state index in [1.807, 2.05) is 18.2 Å². The summed E-state index contributed by atoms with van der Waals surface area (Å²) in [6.45, 7) is 0.410. The Hall–Kier alpha value is -2.84. The van der Waals surface area contributed by atoms with E-state index < -0.39 is 0 Å². The Morgan fingerprint density at radius 2 is 1.42 bits per heavy atom. The van der Waals surface area contributed by atoms with Crippen LogP contribution < -0.4 is 23.7 Å². The third-order valence-corrected chi connectivity index (χ3v) is 5.73. The molecule has 0 amide bonds. The molecule has 3 atom stereocenters. The van der Waals surface area contributed by atoms with Crippen LogP contribution in [0.15, 0.2) is 24.3 Å². The van der Waals surface area contributed by atoms with Crippen molar-refractivity contribution in [2.24, 2.45) is 11.8 Å². The predicted octanol–water partition coefficient (Wildman–Crippen LogP) is 2.97. The molecule has 0 aliphatic carbocycles. The van der Waals surface area contributed by atoms with Gasteiger partial charge in [-0.1, -0.05) is 0 Å². The topological polar surface area (TPSA) is 95.8 Å². The van der Waals surface area contributed by atoms with Crippen molar-refractivity contribution in [2.45, 2.75) is 12.5 Å². The second-order valence-electron chi connectivity index (χ2n) is 7.37. The molecule has 1 fully saturated rings. The highest BCUT2D eigenvalue weighted by molar-refractivity contribution is 5.55. The predicted molar refractivity (Wildman–Crippen MR) is 114 cm³/mol. The van der Waals surface area contributed by atoms with Crippen LogP contribution in [-0.2, 0) is 11.2 Å². The van der Waals surface area contributed by atoms with Crippen molar-refractivity contribution in [1.82, 2.24) is 0 Å².